The van der Waals surface area contributed by atoms with Crippen molar-refractivity contribution < 1.29 is 28.3 Å². The maximum atomic E-state index is 14.8. The number of hydrogen-bond acceptors (Lipinski definition) is 9. The SMILES string of the molecule is COC(=O)N=C(SC)C(=Nc1ccc(-c2noc(C)n2)cc1)c1cc(OC)c(O)cc1F. The van der Waals surface area contributed by atoms with Crippen molar-refractivity contribution in [1.29, 1.82) is 0 Å². The van der Waals surface area contributed by atoms with Gasteiger partial charge in [-0.15, -0.1) is 11.8 Å². The van der Waals surface area contributed by atoms with E-state index in [1.54, 1.807) is 37.4 Å². The van der Waals surface area contributed by atoms with Crippen molar-refractivity contribution >= 4 is 34.3 Å². The van der Waals surface area contributed by atoms with Crippen molar-refractivity contribution in [3.05, 3.63) is 53.7 Å². The fraction of sp³-hybridized carbons (Fsp3) is 0.190. The van der Waals surface area contributed by atoms with Gasteiger partial charge < -0.3 is 19.1 Å². The Bertz CT molecular complexity index is 1190. The van der Waals surface area contributed by atoms with Crippen LogP contribution in [0.2, 0.25) is 0 Å². The third kappa shape index (κ3) is 5.11. The van der Waals surface area contributed by atoms with Crippen LogP contribution in [0.25, 0.3) is 11.4 Å². The first kappa shape index (κ1) is 22.9. The molecule has 1 heterocycles. The van der Waals surface area contributed by atoms with E-state index in [0.717, 1.165) is 17.8 Å². The molecule has 0 bridgehead atoms. The number of rotatable bonds is 5. The number of hydrogen-bond donors (Lipinski definition) is 1. The zero-order valence-corrected chi connectivity index (χ0v) is 18.4. The summed E-state index contributed by atoms with van der Waals surface area (Å²) in [6.45, 7) is 1.69. The predicted molar refractivity (Wildman–Crippen MR) is 119 cm³/mol. The third-order valence-electron chi connectivity index (χ3n) is 4.18. The highest BCUT2D eigenvalue weighted by atomic mass is 32.2. The number of ether oxygens (including phenoxy) is 2. The van der Waals surface area contributed by atoms with E-state index in [9.17, 15) is 14.3 Å². The average Bonchev–Trinajstić information content (AvgIpc) is 3.23. The molecule has 1 aromatic heterocycles. The van der Waals surface area contributed by atoms with E-state index in [1.165, 1.54) is 20.3 Å². The molecule has 0 aliphatic heterocycles. The normalized spacial score (nSPS) is 12.0. The number of methoxy groups -OCH3 is 2. The van der Waals surface area contributed by atoms with Crippen LogP contribution in [0, 0.1) is 12.7 Å². The number of nitrogens with zero attached hydrogens (tertiary/aromatic N) is 4. The number of carbonyl (C=O) groups excluding carboxylic acids is 1. The van der Waals surface area contributed by atoms with Gasteiger partial charge in [-0.3, -0.25) is 0 Å². The van der Waals surface area contributed by atoms with E-state index in [2.05, 4.69) is 24.9 Å². The Morgan fingerprint density at radius 2 is 1.94 bits per heavy atom. The Morgan fingerprint density at radius 3 is 2.50 bits per heavy atom. The molecule has 0 saturated heterocycles. The lowest BCUT2D eigenvalue weighted by molar-refractivity contribution is 0.183. The number of aromatic hydroxyl groups is 1. The third-order valence-corrected chi connectivity index (χ3v) is 4.85. The molecular weight excluding hydrogens is 439 g/mol. The summed E-state index contributed by atoms with van der Waals surface area (Å²) in [5.74, 6) is -0.249. The number of amides is 1. The lowest BCUT2D eigenvalue weighted by atomic mass is 10.1. The first-order valence-electron chi connectivity index (χ1n) is 9.13. The fourth-order valence-electron chi connectivity index (χ4n) is 2.67. The standard InChI is InChI=1S/C21H19FN4O5S/c1-11-23-19(26-31-11)12-5-7-13(8-6-12)24-18(20(32-4)25-21(28)30-3)14-9-17(29-2)16(27)10-15(14)22/h5-10,27H,1-4H3. The molecule has 1 N–H and O–H groups in total. The van der Waals surface area contributed by atoms with Gasteiger partial charge in [0.1, 0.15) is 16.6 Å². The summed E-state index contributed by atoms with van der Waals surface area (Å²) in [6, 6.07) is 8.99. The zero-order chi connectivity index (χ0) is 23.3. The minimum atomic E-state index is -0.865. The van der Waals surface area contributed by atoms with E-state index in [0.29, 0.717) is 23.0 Å². The van der Waals surface area contributed by atoms with Gasteiger partial charge in [0.05, 0.1) is 19.9 Å². The van der Waals surface area contributed by atoms with Gasteiger partial charge >= 0.3 is 6.09 Å². The molecule has 3 rings (SSSR count). The van der Waals surface area contributed by atoms with Gasteiger partial charge in [0.15, 0.2) is 11.5 Å². The molecule has 166 valence electrons. The molecule has 0 atom stereocenters. The first-order valence-corrected chi connectivity index (χ1v) is 10.4. The summed E-state index contributed by atoms with van der Waals surface area (Å²) in [5.41, 5.74) is 1.19. The van der Waals surface area contributed by atoms with Crippen molar-refractivity contribution in [1.82, 2.24) is 10.1 Å². The van der Waals surface area contributed by atoms with Crippen molar-refractivity contribution in [2.75, 3.05) is 20.5 Å². The summed E-state index contributed by atoms with van der Waals surface area (Å²) in [4.78, 5) is 24.3. The van der Waals surface area contributed by atoms with Gasteiger partial charge in [0.25, 0.3) is 0 Å². The number of aromatic nitrogens is 2. The summed E-state index contributed by atoms with van der Waals surface area (Å²) < 4.78 is 29.5. The summed E-state index contributed by atoms with van der Waals surface area (Å²) in [5, 5.41) is 13.8. The molecule has 11 heteroatoms. The number of aryl methyl sites for hydroxylation is 1. The molecule has 2 aromatic carbocycles. The van der Waals surface area contributed by atoms with Gasteiger partial charge in [-0.2, -0.15) is 9.98 Å². The summed E-state index contributed by atoms with van der Waals surface area (Å²) in [6.07, 6.45) is 0.796. The monoisotopic (exact) mass is 458 g/mol. The average molecular weight is 458 g/mol. The van der Waals surface area contributed by atoms with Crippen LogP contribution in [-0.4, -0.2) is 52.6 Å². The van der Waals surface area contributed by atoms with Crippen molar-refractivity contribution in [3.8, 4) is 22.9 Å². The molecule has 9 nitrogen and oxygen atoms in total. The molecule has 0 aliphatic rings. The minimum absolute atomic E-state index is 0.0190. The van der Waals surface area contributed by atoms with E-state index in [4.69, 9.17) is 9.26 Å². The molecule has 0 fully saturated rings. The molecule has 0 unspecified atom stereocenters. The Hall–Kier alpha value is -3.73. The van der Waals surface area contributed by atoms with Crippen LogP contribution in [0.4, 0.5) is 14.9 Å². The second kappa shape index (κ2) is 10.1. The molecule has 0 saturated carbocycles. The fourth-order valence-corrected chi connectivity index (χ4v) is 3.18. The van der Waals surface area contributed by atoms with Crippen molar-refractivity contribution in [2.24, 2.45) is 9.98 Å². The van der Waals surface area contributed by atoms with Crippen molar-refractivity contribution in [3.63, 3.8) is 0 Å². The Balaban J connectivity index is 2.13. The molecular formula is C21H19FN4O5S. The summed E-state index contributed by atoms with van der Waals surface area (Å²) in [7, 11) is 2.52. The van der Waals surface area contributed by atoms with Crippen LogP contribution in [-0.2, 0) is 4.74 Å². The first-order chi connectivity index (χ1) is 15.4. The molecule has 0 aliphatic carbocycles. The molecule has 1 amide bonds. The minimum Gasteiger partial charge on any atom is -0.504 e. The highest BCUT2D eigenvalue weighted by molar-refractivity contribution is 8.15. The number of phenolic OH excluding ortho intramolecular Hbond substituents is 1. The second-order valence-electron chi connectivity index (χ2n) is 6.24. The van der Waals surface area contributed by atoms with Gasteiger partial charge in [-0.25, -0.2) is 14.2 Å². The number of halogens is 1. The Labute approximate surface area is 187 Å². The van der Waals surface area contributed by atoms with Crippen LogP contribution in [0.15, 0.2) is 50.9 Å². The summed E-state index contributed by atoms with van der Waals surface area (Å²) >= 11 is 1.08. The molecule has 0 spiro atoms. The van der Waals surface area contributed by atoms with Crippen LogP contribution in [0.1, 0.15) is 11.5 Å². The van der Waals surface area contributed by atoms with E-state index in [1.807, 2.05) is 0 Å². The Kier molecular flexibility index (Phi) is 7.21. The number of phenols is 1. The highest BCUT2D eigenvalue weighted by Crippen LogP contribution is 2.31. The van der Waals surface area contributed by atoms with Gasteiger partial charge in [-0.1, -0.05) is 5.16 Å². The van der Waals surface area contributed by atoms with E-state index < -0.39 is 11.9 Å². The predicted octanol–water partition coefficient (Wildman–Crippen LogP) is 4.55. The quantitative estimate of drug-likeness (QED) is 0.437. The van der Waals surface area contributed by atoms with E-state index >= 15 is 0 Å². The second-order valence-corrected chi connectivity index (χ2v) is 7.03. The zero-order valence-electron chi connectivity index (χ0n) is 17.6. The lowest BCUT2D eigenvalue weighted by Crippen LogP contribution is -2.16. The smallest absolute Gasteiger partial charge is 0.434 e. The van der Waals surface area contributed by atoms with Gasteiger partial charge in [0.2, 0.25) is 11.7 Å². The number of thioether (sulfide) groups is 1. The van der Waals surface area contributed by atoms with Crippen LogP contribution in [0.3, 0.4) is 0 Å². The topological polar surface area (TPSA) is 119 Å². The van der Waals surface area contributed by atoms with Crippen molar-refractivity contribution in [2.45, 2.75) is 6.92 Å². The molecule has 32 heavy (non-hydrogen) atoms. The number of benzene rings is 2. The molecule has 0 radical (unpaired) electrons. The Morgan fingerprint density at radius 1 is 1.22 bits per heavy atom. The van der Waals surface area contributed by atoms with Crippen LogP contribution >= 0.6 is 11.8 Å². The molecule has 3 aromatic rings. The maximum absolute atomic E-state index is 14.8. The van der Waals surface area contributed by atoms with Gasteiger partial charge in [-0.05, 0) is 36.6 Å². The van der Waals surface area contributed by atoms with E-state index in [-0.39, 0.29) is 27.8 Å². The number of aliphatic imine (C=N–C) groups is 2. The largest absolute Gasteiger partial charge is 0.504 e. The van der Waals surface area contributed by atoms with Gasteiger partial charge in [0, 0.05) is 24.1 Å². The highest BCUT2D eigenvalue weighted by Gasteiger charge is 2.21. The maximum Gasteiger partial charge on any atom is 0.434 e. The van der Waals surface area contributed by atoms with Crippen LogP contribution in [0.5, 0.6) is 11.5 Å². The lowest BCUT2D eigenvalue weighted by Gasteiger charge is -2.12. The van der Waals surface area contributed by atoms with Crippen LogP contribution < -0.4 is 4.74 Å². The number of carbonyl (C=O) groups is 1.